The largest absolute Gasteiger partial charge is 0.381 e. The van der Waals surface area contributed by atoms with E-state index in [9.17, 15) is 0 Å². The van der Waals surface area contributed by atoms with Crippen LogP contribution in [0.1, 0.15) is 32.6 Å². The molecule has 15 heavy (non-hydrogen) atoms. The molecule has 0 radical (unpaired) electrons. The molecule has 2 aliphatic rings. The third-order valence-corrected chi connectivity index (χ3v) is 4.98. The van der Waals surface area contributed by atoms with Gasteiger partial charge in [-0.2, -0.15) is 11.8 Å². The monoisotopic (exact) mass is 229 g/mol. The van der Waals surface area contributed by atoms with E-state index in [0.29, 0.717) is 6.04 Å². The van der Waals surface area contributed by atoms with E-state index in [4.69, 9.17) is 4.74 Å². The minimum Gasteiger partial charge on any atom is -0.381 e. The third-order valence-electron chi connectivity index (χ3n) is 3.89. The van der Waals surface area contributed by atoms with Crippen molar-refractivity contribution in [3.63, 3.8) is 0 Å². The van der Waals surface area contributed by atoms with Gasteiger partial charge in [-0.15, -0.1) is 0 Å². The smallest absolute Gasteiger partial charge is 0.0509 e. The first kappa shape index (κ1) is 11.7. The second kappa shape index (κ2) is 5.55. The molecule has 0 spiro atoms. The van der Waals surface area contributed by atoms with Crippen molar-refractivity contribution in [3.8, 4) is 0 Å². The summed E-state index contributed by atoms with van der Waals surface area (Å²) in [4.78, 5) is 0. The lowest BCUT2D eigenvalue weighted by Crippen LogP contribution is -2.40. The highest BCUT2D eigenvalue weighted by atomic mass is 32.2. The van der Waals surface area contributed by atoms with E-state index in [2.05, 4.69) is 18.5 Å². The Bertz CT molecular complexity index is 194. The molecule has 0 aromatic rings. The Labute approximate surface area is 97.5 Å². The molecule has 2 rings (SSSR count). The van der Waals surface area contributed by atoms with Crippen molar-refractivity contribution in [1.82, 2.24) is 5.32 Å². The minimum absolute atomic E-state index is 0.637. The Morgan fingerprint density at radius 2 is 2.20 bits per heavy atom. The molecule has 1 aliphatic heterocycles. The zero-order valence-electron chi connectivity index (χ0n) is 9.87. The fourth-order valence-corrected chi connectivity index (χ4v) is 3.56. The summed E-state index contributed by atoms with van der Waals surface area (Å²) in [6.45, 7) is 4.26. The summed E-state index contributed by atoms with van der Waals surface area (Å²) in [6.07, 6.45) is 7.60. The molecule has 0 amide bonds. The maximum atomic E-state index is 5.44. The molecule has 1 saturated carbocycles. The van der Waals surface area contributed by atoms with Crippen LogP contribution in [0.3, 0.4) is 0 Å². The van der Waals surface area contributed by atoms with Gasteiger partial charge in [-0.25, -0.2) is 0 Å². The zero-order chi connectivity index (χ0) is 10.7. The quantitative estimate of drug-likeness (QED) is 0.799. The number of hydrogen-bond acceptors (Lipinski definition) is 3. The van der Waals surface area contributed by atoms with Crippen LogP contribution in [0.2, 0.25) is 0 Å². The average molecular weight is 229 g/mol. The van der Waals surface area contributed by atoms with Crippen LogP contribution in [0.25, 0.3) is 0 Å². The lowest BCUT2D eigenvalue weighted by atomic mass is 9.99. The summed E-state index contributed by atoms with van der Waals surface area (Å²) in [5.74, 6) is 0.748. The molecule has 1 heterocycles. The summed E-state index contributed by atoms with van der Waals surface area (Å²) < 4.78 is 5.44. The van der Waals surface area contributed by atoms with Crippen LogP contribution < -0.4 is 5.32 Å². The number of ether oxygens (including phenoxy) is 1. The van der Waals surface area contributed by atoms with Gasteiger partial charge in [-0.1, -0.05) is 0 Å². The lowest BCUT2D eigenvalue weighted by Gasteiger charge is -2.23. The number of hydrogen-bond donors (Lipinski definition) is 1. The van der Waals surface area contributed by atoms with E-state index in [0.717, 1.165) is 30.4 Å². The highest BCUT2D eigenvalue weighted by Crippen LogP contribution is 2.29. The summed E-state index contributed by atoms with van der Waals surface area (Å²) in [5, 5.41) is 4.69. The summed E-state index contributed by atoms with van der Waals surface area (Å²) in [7, 11) is 0. The molecule has 0 bridgehead atoms. The molecule has 4 atom stereocenters. The highest BCUT2D eigenvalue weighted by Gasteiger charge is 2.28. The molecule has 1 saturated heterocycles. The van der Waals surface area contributed by atoms with Crippen LogP contribution in [0.5, 0.6) is 0 Å². The standard InChI is InChI=1S/C12H23NOS/c1-9(10-5-6-14-8-10)13-11-3-4-12(7-11)15-2/h9-13H,3-8H2,1-2H3. The molecule has 1 aliphatic carbocycles. The van der Waals surface area contributed by atoms with E-state index < -0.39 is 0 Å². The molecule has 4 unspecified atom stereocenters. The fraction of sp³-hybridized carbons (Fsp3) is 1.00. The Morgan fingerprint density at radius 3 is 2.80 bits per heavy atom. The lowest BCUT2D eigenvalue weighted by molar-refractivity contribution is 0.176. The molecular weight excluding hydrogens is 206 g/mol. The predicted molar refractivity (Wildman–Crippen MR) is 66.5 cm³/mol. The van der Waals surface area contributed by atoms with E-state index in [1.54, 1.807) is 0 Å². The number of thioether (sulfide) groups is 1. The van der Waals surface area contributed by atoms with Crippen LogP contribution in [0, 0.1) is 5.92 Å². The molecule has 2 fully saturated rings. The van der Waals surface area contributed by atoms with Crippen molar-refractivity contribution in [2.75, 3.05) is 19.5 Å². The van der Waals surface area contributed by atoms with Gasteiger partial charge in [0.15, 0.2) is 0 Å². The van der Waals surface area contributed by atoms with Gasteiger partial charge in [-0.3, -0.25) is 0 Å². The van der Waals surface area contributed by atoms with Crippen molar-refractivity contribution in [2.24, 2.45) is 5.92 Å². The molecule has 0 aromatic heterocycles. The van der Waals surface area contributed by atoms with Crippen LogP contribution in [0.15, 0.2) is 0 Å². The number of rotatable bonds is 4. The summed E-state index contributed by atoms with van der Waals surface area (Å²) in [6, 6.07) is 1.40. The third kappa shape index (κ3) is 3.11. The molecule has 2 nitrogen and oxygen atoms in total. The van der Waals surface area contributed by atoms with Crippen molar-refractivity contribution in [3.05, 3.63) is 0 Å². The van der Waals surface area contributed by atoms with Crippen LogP contribution in [0.4, 0.5) is 0 Å². The predicted octanol–water partition coefficient (Wildman–Crippen LogP) is 2.29. The van der Waals surface area contributed by atoms with E-state index >= 15 is 0 Å². The first-order valence-electron chi connectivity index (χ1n) is 6.16. The van der Waals surface area contributed by atoms with Crippen molar-refractivity contribution >= 4 is 11.8 Å². The maximum absolute atomic E-state index is 5.44. The van der Waals surface area contributed by atoms with Gasteiger partial charge in [0.05, 0.1) is 6.61 Å². The maximum Gasteiger partial charge on any atom is 0.0509 e. The topological polar surface area (TPSA) is 21.3 Å². The Hall–Kier alpha value is 0.270. The molecule has 3 heteroatoms. The molecular formula is C12H23NOS. The molecule has 1 N–H and O–H groups in total. The Morgan fingerprint density at radius 1 is 1.33 bits per heavy atom. The zero-order valence-corrected chi connectivity index (χ0v) is 10.7. The Kier molecular flexibility index (Phi) is 4.35. The summed E-state index contributed by atoms with van der Waals surface area (Å²) in [5.41, 5.74) is 0. The van der Waals surface area contributed by atoms with Gasteiger partial charge >= 0.3 is 0 Å². The Balaban J connectivity index is 1.72. The van der Waals surface area contributed by atoms with Gasteiger partial charge in [0.2, 0.25) is 0 Å². The minimum atomic E-state index is 0.637. The molecule has 88 valence electrons. The van der Waals surface area contributed by atoms with E-state index in [1.807, 2.05) is 11.8 Å². The molecule has 0 aromatic carbocycles. The van der Waals surface area contributed by atoms with E-state index in [1.165, 1.54) is 25.7 Å². The van der Waals surface area contributed by atoms with Gasteiger partial charge in [0.1, 0.15) is 0 Å². The second-order valence-electron chi connectivity index (χ2n) is 4.95. The van der Waals surface area contributed by atoms with Crippen molar-refractivity contribution in [2.45, 2.75) is 49.9 Å². The fourth-order valence-electron chi connectivity index (χ4n) is 2.76. The van der Waals surface area contributed by atoms with Gasteiger partial charge < -0.3 is 10.1 Å². The van der Waals surface area contributed by atoms with Crippen LogP contribution in [-0.4, -0.2) is 36.8 Å². The van der Waals surface area contributed by atoms with Gasteiger partial charge in [-0.05, 0) is 44.8 Å². The van der Waals surface area contributed by atoms with Gasteiger partial charge in [0.25, 0.3) is 0 Å². The van der Waals surface area contributed by atoms with Crippen molar-refractivity contribution in [1.29, 1.82) is 0 Å². The SMILES string of the molecule is CSC1CCC(NC(C)C2CCOC2)C1. The van der Waals surface area contributed by atoms with E-state index in [-0.39, 0.29) is 0 Å². The van der Waals surface area contributed by atoms with Crippen LogP contribution >= 0.6 is 11.8 Å². The van der Waals surface area contributed by atoms with Gasteiger partial charge in [0, 0.05) is 23.9 Å². The number of nitrogens with one attached hydrogen (secondary N) is 1. The van der Waals surface area contributed by atoms with Crippen LogP contribution in [-0.2, 0) is 4.74 Å². The highest BCUT2D eigenvalue weighted by molar-refractivity contribution is 7.99. The second-order valence-corrected chi connectivity index (χ2v) is 6.08. The normalized spacial score (nSPS) is 38.4. The average Bonchev–Trinajstić information content (AvgIpc) is 2.87. The first-order chi connectivity index (χ1) is 7.29. The van der Waals surface area contributed by atoms with Crippen molar-refractivity contribution < 1.29 is 4.74 Å². The summed E-state index contributed by atoms with van der Waals surface area (Å²) >= 11 is 2.03. The first-order valence-corrected chi connectivity index (χ1v) is 7.45.